The van der Waals surface area contributed by atoms with E-state index in [0.29, 0.717) is 6.04 Å². The maximum Gasteiger partial charge on any atom is 0.0101 e. The lowest BCUT2D eigenvalue weighted by atomic mass is 9.08. The highest BCUT2D eigenvalue weighted by Crippen LogP contribution is 2.96. The maximum absolute atomic E-state index is 6.56. The number of hydrogen-bond donors (Lipinski definition) is 2. The molecule has 0 aromatic rings. The Kier molecular flexibility index (Phi) is 6.32. The first-order chi connectivity index (χ1) is 27.5. The van der Waals surface area contributed by atoms with E-state index in [9.17, 15) is 0 Å². The predicted molar refractivity (Wildman–Crippen MR) is 227 cm³/mol. The molecule has 0 amide bonds. The van der Waals surface area contributed by atoms with E-state index in [1.165, 1.54) is 101 Å². The Morgan fingerprint density at radius 1 is 0.386 bits per heavy atom. The van der Waals surface area contributed by atoms with Crippen LogP contribution in [0.3, 0.4) is 0 Å². The highest BCUT2D eigenvalue weighted by Gasteiger charge is 2.92. The van der Waals surface area contributed by atoms with Crippen LogP contribution in [0.25, 0.3) is 0 Å². The molecule has 0 aromatic carbocycles. The SMILES string of the molecule is CNC(C)C1C2CC1C1C(CC(C)C2C)C2C1C1C2C2C1C1C3C4C5C6CC(C(C)C(C)C7CC8CC(C(C)C(C)C9CC%10C%11C(N)C(C)C%11C9%10)C87)C6C5C4C3C21. The summed E-state index contributed by atoms with van der Waals surface area (Å²) >= 11 is 0. The number of fused-ring (bicyclic) bond motifs is 29. The van der Waals surface area contributed by atoms with Gasteiger partial charge in [-0.1, -0.05) is 48.5 Å². The molecule has 40 atom stereocenters. The van der Waals surface area contributed by atoms with E-state index in [1.807, 2.05) is 0 Å². The van der Waals surface area contributed by atoms with Crippen LogP contribution in [0.1, 0.15) is 93.9 Å². The third kappa shape index (κ3) is 3.30. The smallest absolute Gasteiger partial charge is 0.0101 e. The molecule has 17 saturated carbocycles. The van der Waals surface area contributed by atoms with Crippen molar-refractivity contribution in [3.8, 4) is 0 Å². The number of nitrogens with two attached hydrogens (primary N) is 1. The lowest BCUT2D eigenvalue weighted by molar-refractivity contribution is -0.498. The fourth-order valence-electron chi connectivity index (χ4n) is 26.4. The Morgan fingerprint density at radius 2 is 0.807 bits per heavy atom. The summed E-state index contributed by atoms with van der Waals surface area (Å²) in [6, 6.07) is 1.27. The summed E-state index contributed by atoms with van der Waals surface area (Å²) in [5, 5.41) is 3.77. The Balaban J connectivity index is 0.569. The normalized spacial score (nSPS) is 74.3. The van der Waals surface area contributed by atoms with Crippen molar-refractivity contribution in [3.63, 3.8) is 0 Å². The fraction of sp³-hybridized carbons (Fsp3) is 1.00. The van der Waals surface area contributed by atoms with Gasteiger partial charge in [-0.2, -0.15) is 0 Å². The van der Waals surface area contributed by atoms with Crippen LogP contribution in [0, 0.1) is 225 Å². The third-order valence-corrected chi connectivity index (χ3v) is 29.2. The van der Waals surface area contributed by atoms with Crippen LogP contribution in [-0.2, 0) is 0 Å². The van der Waals surface area contributed by atoms with Crippen molar-refractivity contribution in [3.05, 3.63) is 0 Å². The number of hydrogen-bond acceptors (Lipinski definition) is 2. The molecule has 2 nitrogen and oxygen atoms in total. The molecule has 40 unspecified atom stereocenters. The molecule has 312 valence electrons. The van der Waals surface area contributed by atoms with Crippen molar-refractivity contribution in [2.75, 3.05) is 7.05 Å². The lowest BCUT2D eigenvalue weighted by Gasteiger charge is -2.96. The first-order valence-electron chi connectivity index (χ1n) is 27.0. The first kappa shape index (κ1) is 34.4. The lowest BCUT2D eigenvalue weighted by Crippen LogP contribution is -2.93. The molecule has 0 radical (unpaired) electrons. The van der Waals surface area contributed by atoms with Crippen molar-refractivity contribution in [1.29, 1.82) is 0 Å². The molecule has 2 bridgehead atoms. The highest BCUT2D eigenvalue weighted by atomic mass is 15.0. The van der Waals surface area contributed by atoms with Gasteiger partial charge in [0.2, 0.25) is 0 Å². The Hall–Kier alpha value is -0.0800. The van der Waals surface area contributed by atoms with E-state index in [2.05, 4.69) is 67.8 Å². The van der Waals surface area contributed by atoms with Crippen LogP contribution in [0.15, 0.2) is 0 Å². The average Bonchev–Trinajstić information content (AvgIpc) is 3.14. The van der Waals surface area contributed by atoms with Gasteiger partial charge in [-0.3, -0.25) is 0 Å². The standard InChI is InChI=1S/C55H82N2/c1-16-10-30-39(31-13-27(17(16)2)35(31)23(8)57-9)44-40(30)45-48(44)52-49(45)53-51-47-43-38-29(14-32(38)41(43)46(47)50(51)54(52)53)21(6)19(4)26-12-24-11-25(36(24)26)18(3)20(5)28-15-33-37(28)34-22(7)55(56)42(33)34/h16-55,57H,10-15,56H2,1-9H3. The van der Waals surface area contributed by atoms with E-state index in [4.69, 9.17) is 5.73 Å². The molecule has 17 rings (SSSR count). The van der Waals surface area contributed by atoms with Crippen molar-refractivity contribution >= 4 is 0 Å². The zero-order chi connectivity index (χ0) is 38.0. The van der Waals surface area contributed by atoms with Gasteiger partial charge in [0, 0.05) is 12.1 Å². The predicted octanol–water partition coefficient (Wildman–Crippen LogP) is 10.0. The summed E-state index contributed by atoms with van der Waals surface area (Å²) in [4.78, 5) is 0. The number of nitrogens with one attached hydrogen (secondary N) is 1. The second-order valence-electron chi connectivity index (χ2n) is 28.1. The molecule has 0 aromatic heterocycles. The third-order valence-electron chi connectivity index (χ3n) is 29.2. The van der Waals surface area contributed by atoms with Crippen LogP contribution < -0.4 is 11.1 Å². The van der Waals surface area contributed by atoms with Gasteiger partial charge in [0.1, 0.15) is 0 Å². The molecule has 0 heterocycles. The molecule has 2 heteroatoms. The van der Waals surface area contributed by atoms with Gasteiger partial charge in [0.05, 0.1) is 0 Å². The minimum absolute atomic E-state index is 0.539. The minimum Gasteiger partial charge on any atom is -0.327 e. The zero-order valence-corrected chi connectivity index (χ0v) is 37.4. The molecule has 0 aliphatic heterocycles. The van der Waals surface area contributed by atoms with Gasteiger partial charge in [-0.05, 0) is 277 Å². The van der Waals surface area contributed by atoms with Crippen LogP contribution in [-0.4, -0.2) is 19.1 Å². The van der Waals surface area contributed by atoms with Gasteiger partial charge < -0.3 is 11.1 Å². The van der Waals surface area contributed by atoms with Crippen LogP contribution in [0.2, 0.25) is 0 Å². The molecular weight excluding hydrogens is 689 g/mol. The molecule has 17 aliphatic carbocycles. The van der Waals surface area contributed by atoms with Crippen molar-refractivity contribution in [1.82, 2.24) is 5.32 Å². The summed E-state index contributed by atoms with van der Waals surface area (Å²) < 4.78 is 0. The van der Waals surface area contributed by atoms with Gasteiger partial charge in [0.15, 0.2) is 0 Å². The number of rotatable bonds is 8. The highest BCUT2D eigenvalue weighted by molar-refractivity contribution is 5.39. The largest absolute Gasteiger partial charge is 0.327 e. The monoisotopic (exact) mass is 771 g/mol. The summed E-state index contributed by atoms with van der Waals surface area (Å²) in [6.07, 6.45) is 9.60. The molecule has 0 spiro atoms. The van der Waals surface area contributed by atoms with Crippen LogP contribution in [0.4, 0.5) is 0 Å². The van der Waals surface area contributed by atoms with Crippen molar-refractivity contribution in [2.24, 2.45) is 231 Å². The summed E-state index contributed by atoms with van der Waals surface area (Å²) in [7, 11) is 2.26. The minimum atomic E-state index is 0.539. The van der Waals surface area contributed by atoms with Gasteiger partial charge in [-0.25, -0.2) is 0 Å². The summed E-state index contributed by atoms with van der Waals surface area (Å²) in [5.74, 6) is 42.0. The molecule has 0 saturated heterocycles. The van der Waals surface area contributed by atoms with Gasteiger partial charge >= 0.3 is 0 Å². The first-order valence-corrected chi connectivity index (χ1v) is 27.0. The average molecular weight is 771 g/mol. The van der Waals surface area contributed by atoms with Crippen molar-refractivity contribution < 1.29 is 0 Å². The topological polar surface area (TPSA) is 38.0 Å². The maximum atomic E-state index is 6.56. The van der Waals surface area contributed by atoms with E-state index < -0.39 is 0 Å². The van der Waals surface area contributed by atoms with Gasteiger partial charge in [0.25, 0.3) is 0 Å². The molecule has 17 aliphatic rings. The zero-order valence-electron chi connectivity index (χ0n) is 37.4. The summed E-state index contributed by atoms with van der Waals surface area (Å²) in [5.41, 5.74) is 6.56. The molecule has 57 heavy (non-hydrogen) atoms. The van der Waals surface area contributed by atoms with Crippen molar-refractivity contribution in [2.45, 2.75) is 106 Å². The molecular formula is C55H82N2. The molecule has 17 fully saturated rings. The Bertz CT molecular complexity index is 1790. The van der Waals surface area contributed by atoms with Crippen LogP contribution >= 0.6 is 0 Å². The quantitative estimate of drug-likeness (QED) is 0.241. The van der Waals surface area contributed by atoms with E-state index >= 15 is 0 Å². The van der Waals surface area contributed by atoms with E-state index in [-0.39, 0.29) is 0 Å². The van der Waals surface area contributed by atoms with E-state index in [0.717, 1.165) is 136 Å². The Morgan fingerprint density at radius 3 is 1.32 bits per heavy atom. The fourth-order valence-corrected chi connectivity index (χ4v) is 26.4. The summed E-state index contributed by atoms with van der Waals surface area (Å²) in [6.45, 7) is 21.4. The Labute approximate surface area is 347 Å². The van der Waals surface area contributed by atoms with Gasteiger partial charge in [-0.15, -0.1) is 0 Å². The second-order valence-corrected chi connectivity index (χ2v) is 28.1. The van der Waals surface area contributed by atoms with E-state index in [1.54, 1.807) is 32.1 Å². The van der Waals surface area contributed by atoms with Crippen LogP contribution in [0.5, 0.6) is 0 Å². The second kappa shape index (κ2) is 10.5. The molecule has 3 N–H and O–H groups in total.